The Morgan fingerprint density at radius 3 is 1.64 bits per heavy atom. The highest BCUT2D eigenvalue weighted by Crippen LogP contribution is 2.15. The number of aryl methyl sites for hydroxylation is 1. The number of unbranched alkanes of at least 4 members (excludes halogenated alkanes) is 13. The van der Waals surface area contributed by atoms with E-state index in [9.17, 15) is 13.2 Å². The third-order valence-electron chi connectivity index (χ3n) is 6.56. The van der Waals surface area contributed by atoms with E-state index in [0.29, 0.717) is 5.56 Å². The van der Waals surface area contributed by atoms with Crippen LogP contribution in [0.5, 0.6) is 0 Å². The Bertz CT molecular complexity index is 970. The number of carbonyl (C=O) groups is 1. The number of benzene rings is 2. The van der Waals surface area contributed by atoms with Gasteiger partial charge in [-0.25, -0.2) is 13.1 Å². The fourth-order valence-electron chi connectivity index (χ4n) is 4.25. The zero-order chi connectivity index (χ0) is 26.1. The molecule has 0 unspecified atom stereocenters. The lowest BCUT2D eigenvalue weighted by molar-refractivity contribution is 0.0981. The average molecular weight is 515 g/mol. The molecule has 36 heavy (non-hydrogen) atoms. The second-order valence-electron chi connectivity index (χ2n) is 9.85. The zero-order valence-corrected chi connectivity index (χ0v) is 23.2. The number of nitrogens with one attached hydrogen (secondary N) is 2. The minimum Gasteiger partial charge on any atom is -0.385 e. The van der Waals surface area contributed by atoms with Crippen LogP contribution in [0.25, 0.3) is 0 Å². The van der Waals surface area contributed by atoms with Crippen molar-refractivity contribution in [2.45, 2.75) is 109 Å². The predicted octanol–water partition coefficient (Wildman–Crippen LogP) is 8.01. The molecule has 2 rings (SSSR count). The van der Waals surface area contributed by atoms with Crippen LogP contribution in [0.4, 0.5) is 5.69 Å². The number of hydrogen-bond donors (Lipinski definition) is 2. The summed E-state index contributed by atoms with van der Waals surface area (Å²) in [4.78, 5) is 12.5. The lowest BCUT2D eigenvalue weighted by Crippen LogP contribution is -2.30. The summed E-state index contributed by atoms with van der Waals surface area (Å²) in [6.07, 6.45) is 18.8. The molecule has 0 radical (unpaired) electrons. The number of amides is 1. The van der Waals surface area contributed by atoms with Crippen molar-refractivity contribution in [1.29, 1.82) is 0 Å². The lowest BCUT2D eigenvalue weighted by Gasteiger charge is -2.09. The van der Waals surface area contributed by atoms with Crippen LogP contribution in [-0.4, -0.2) is 20.9 Å². The maximum Gasteiger partial charge on any atom is 0.264 e. The number of anilines is 1. The summed E-state index contributed by atoms with van der Waals surface area (Å²) in [5.41, 5.74) is 2.20. The van der Waals surface area contributed by atoms with E-state index in [1.54, 1.807) is 24.3 Å². The Balaban J connectivity index is 1.53. The van der Waals surface area contributed by atoms with Gasteiger partial charge in [0.2, 0.25) is 0 Å². The van der Waals surface area contributed by atoms with Gasteiger partial charge < -0.3 is 5.32 Å². The monoisotopic (exact) mass is 514 g/mol. The van der Waals surface area contributed by atoms with Gasteiger partial charge in [-0.05, 0) is 49.7 Å². The summed E-state index contributed by atoms with van der Waals surface area (Å²) >= 11 is 0. The molecule has 0 aliphatic rings. The van der Waals surface area contributed by atoms with Gasteiger partial charge in [-0.1, -0.05) is 108 Å². The fraction of sp³-hybridized carbons (Fsp3) is 0.567. The van der Waals surface area contributed by atoms with Crippen molar-refractivity contribution in [3.63, 3.8) is 0 Å². The number of hydrogen-bond acceptors (Lipinski definition) is 4. The van der Waals surface area contributed by atoms with E-state index in [-0.39, 0.29) is 4.90 Å². The fourth-order valence-corrected chi connectivity index (χ4v) is 5.22. The molecular formula is C30H46N2O3S. The molecule has 2 aromatic rings. The molecule has 2 aromatic carbocycles. The van der Waals surface area contributed by atoms with Crippen molar-refractivity contribution < 1.29 is 13.2 Å². The van der Waals surface area contributed by atoms with E-state index in [1.165, 1.54) is 95.6 Å². The molecule has 0 saturated carbocycles. The van der Waals surface area contributed by atoms with E-state index in [1.807, 2.05) is 19.1 Å². The van der Waals surface area contributed by atoms with Gasteiger partial charge in [-0.2, -0.15) is 0 Å². The van der Waals surface area contributed by atoms with Crippen LogP contribution < -0.4 is 10.0 Å². The Morgan fingerprint density at radius 2 is 1.14 bits per heavy atom. The zero-order valence-electron chi connectivity index (χ0n) is 22.4. The molecule has 0 heterocycles. The first-order chi connectivity index (χ1) is 17.4. The number of carbonyl (C=O) groups excluding carboxylic acids is 1. The molecular weight excluding hydrogens is 468 g/mol. The van der Waals surface area contributed by atoms with Crippen molar-refractivity contribution >= 4 is 21.6 Å². The van der Waals surface area contributed by atoms with E-state index in [0.717, 1.165) is 24.2 Å². The Morgan fingerprint density at radius 1 is 0.667 bits per heavy atom. The summed E-state index contributed by atoms with van der Waals surface area (Å²) in [5.74, 6) is -0.630. The van der Waals surface area contributed by atoms with Crippen LogP contribution in [-0.2, 0) is 10.0 Å². The normalized spacial score (nSPS) is 11.4. The van der Waals surface area contributed by atoms with Crippen molar-refractivity contribution in [3.8, 4) is 0 Å². The van der Waals surface area contributed by atoms with Gasteiger partial charge in [0.25, 0.3) is 15.9 Å². The van der Waals surface area contributed by atoms with Gasteiger partial charge >= 0.3 is 0 Å². The van der Waals surface area contributed by atoms with E-state index in [2.05, 4.69) is 17.0 Å². The minimum atomic E-state index is -3.89. The second-order valence-corrected chi connectivity index (χ2v) is 11.5. The third-order valence-corrected chi connectivity index (χ3v) is 7.91. The number of sulfonamides is 1. The molecule has 0 bridgehead atoms. The highest BCUT2D eigenvalue weighted by molar-refractivity contribution is 7.90. The van der Waals surface area contributed by atoms with Gasteiger partial charge in [0.05, 0.1) is 4.90 Å². The average Bonchev–Trinajstić information content (AvgIpc) is 2.86. The van der Waals surface area contributed by atoms with Gasteiger partial charge in [0.15, 0.2) is 0 Å². The molecule has 200 valence electrons. The van der Waals surface area contributed by atoms with E-state index in [4.69, 9.17) is 0 Å². The number of rotatable bonds is 19. The molecule has 1 amide bonds. The van der Waals surface area contributed by atoms with Gasteiger partial charge in [0.1, 0.15) is 0 Å². The van der Waals surface area contributed by atoms with Gasteiger partial charge in [0, 0.05) is 17.8 Å². The van der Waals surface area contributed by atoms with Crippen LogP contribution in [0.2, 0.25) is 0 Å². The first-order valence-corrected chi connectivity index (χ1v) is 15.4. The largest absolute Gasteiger partial charge is 0.385 e. The Kier molecular flexibility index (Phi) is 14.3. The molecule has 0 aliphatic heterocycles. The van der Waals surface area contributed by atoms with E-state index >= 15 is 0 Å². The van der Waals surface area contributed by atoms with Crippen LogP contribution in [0.3, 0.4) is 0 Å². The maximum atomic E-state index is 12.4. The first kappa shape index (κ1) is 29.9. The smallest absolute Gasteiger partial charge is 0.264 e. The van der Waals surface area contributed by atoms with Crippen molar-refractivity contribution in [1.82, 2.24) is 4.72 Å². The van der Waals surface area contributed by atoms with Gasteiger partial charge in [-0.15, -0.1) is 0 Å². The van der Waals surface area contributed by atoms with Crippen LogP contribution in [0.15, 0.2) is 53.4 Å². The SMILES string of the molecule is CCCCCCCCCCCCCCCCNc1ccc(C(=O)NS(=O)(=O)c2ccc(C)cc2)cc1. The molecule has 6 heteroatoms. The lowest BCUT2D eigenvalue weighted by atomic mass is 10.0. The van der Waals surface area contributed by atoms with Crippen molar-refractivity contribution in [3.05, 3.63) is 59.7 Å². The molecule has 0 atom stereocenters. The van der Waals surface area contributed by atoms with Crippen molar-refractivity contribution in [2.75, 3.05) is 11.9 Å². The van der Waals surface area contributed by atoms with Crippen LogP contribution >= 0.6 is 0 Å². The highest BCUT2D eigenvalue weighted by atomic mass is 32.2. The Labute approximate surface area is 219 Å². The molecule has 2 N–H and O–H groups in total. The summed E-state index contributed by atoms with van der Waals surface area (Å²) in [6, 6.07) is 13.3. The second kappa shape index (κ2) is 17.2. The molecule has 0 spiro atoms. The standard InChI is InChI=1S/C30H46N2O3S/c1-3-4-5-6-7-8-9-10-11-12-13-14-15-16-25-31-28-21-19-27(20-22-28)30(33)32-36(34,35)29-23-17-26(2)18-24-29/h17-24,31H,3-16,25H2,1-2H3,(H,32,33). The van der Waals surface area contributed by atoms with Gasteiger partial charge in [-0.3, -0.25) is 4.79 Å². The maximum absolute atomic E-state index is 12.4. The summed E-state index contributed by atoms with van der Waals surface area (Å²) in [5, 5.41) is 3.38. The molecule has 0 aromatic heterocycles. The topological polar surface area (TPSA) is 75.3 Å². The highest BCUT2D eigenvalue weighted by Gasteiger charge is 2.18. The molecule has 0 saturated heterocycles. The molecule has 0 aliphatic carbocycles. The summed E-state index contributed by atoms with van der Waals surface area (Å²) in [7, 11) is -3.89. The predicted molar refractivity (Wildman–Crippen MR) is 151 cm³/mol. The quantitative estimate of drug-likeness (QED) is 0.186. The summed E-state index contributed by atoms with van der Waals surface area (Å²) in [6.45, 7) is 5.04. The Hall–Kier alpha value is -2.34. The van der Waals surface area contributed by atoms with Crippen LogP contribution in [0, 0.1) is 6.92 Å². The van der Waals surface area contributed by atoms with Crippen molar-refractivity contribution in [2.24, 2.45) is 0 Å². The van der Waals surface area contributed by atoms with Crippen LogP contribution in [0.1, 0.15) is 113 Å². The molecule has 5 nitrogen and oxygen atoms in total. The summed E-state index contributed by atoms with van der Waals surface area (Å²) < 4.78 is 27.0. The minimum absolute atomic E-state index is 0.0768. The molecule has 0 fully saturated rings. The third kappa shape index (κ3) is 12.1. The first-order valence-electron chi connectivity index (χ1n) is 13.9. The van der Waals surface area contributed by atoms with E-state index < -0.39 is 15.9 Å².